The van der Waals surface area contributed by atoms with Crippen molar-refractivity contribution in [2.75, 3.05) is 25.6 Å². The van der Waals surface area contributed by atoms with Crippen LogP contribution in [0.3, 0.4) is 0 Å². The number of benzene rings is 3. The van der Waals surface area contributed by atoms with Crippen LogP contribution in [0, 0.1) is 35.0 Å². The Morgan fingerprint density at radius 2 is 1.87 bits per heavy atom. The molecular formula is C35H37Cl2F2N4O4. The van der Waals surface area contributed by atoms with Crippen molar-refractivity contribution >= 4 is 40.7 Å². The molecule has 0 aliphatic carbocycles. The Bertz CT molecular complexity index is 1680. The summed E-state index contributed by atoms with van der Waals surface area (Å²) in [7, 11) is 1.39. The number of nitriles is 1. The first-order chi connectivity index (χ1) is 22.3. The molecule has 2 amide bonds. The van der Waals surface area contributed by atoms with Crippen LogP contribution < -0.4 is 20.7 Å². The monoisotopic (exact) mass is 685 g/mol. The molecule has 0 unspecified atom stereocenters. The molecule has 0 aromatic heterocycles. The summed E-state index contributed by atoms with van der Waals surface area (Å²) < 4.78 is 42.4. The molecule has 12 heteroatoms. The zero-order chi connectivity index (χ0) is 34.5. The summed E-state index contributed by atoms with van der Waals surface area (Å²) in [5.41, 5.74) is -1.72. The third kappa shape index (κ3) is 7.71. The van der Waals surface area contributed by atoms with E-state index in [-0.39, 0.29) is 50.6 Å². The Balaban J connectivity index is 1.81. The van der Waals surface area contributed by atoms with Gasteiger partial charge in [-0.3, -0.25) is 9.59 Å². The van der Waals surface area contributed by atoms with Crippen molar-refractivity contribution < 1.29 is 27.8 Å². The summed E-state index contributed by atoms with van der Waals surface area (Å²) in [6.45, 7) is 9.70. The third-order valence-electron chi connectivity index (χ3n) is 8.13. The van der Waals surface area contributed by atoms with E-state index < -0.39 is 46.4 Å². The van der Waals surface area contributed by atoms with Gasteiger partial charge in [0.1, 0.15) is 22.8 Å². The van der Waals surface area contributed by atoms with Crippen LogP contribution in [0.5, 0.6) is 5.75 Å². The number of rotatable bonds is 11. The molecule has 1 fully saturated rings. The number of methoxy groups -OCH3 is 1. The fourth-order valence-corrected chi connectivity index (χ4v) is 6.49. The van der Waals surface area contributed by atoms with Crippen molar-refractivity contribution in [1.82, 2.24) is 10.6 Å². The first-order valence-electron chi connectivity index (χ1n) is 15.0. The summed E-state index contributed by atoms with van der Waals surface area (Å²) >= 11 is 12.3. The summed E-state index contributed by atoms with van der Waals surface area (Å²) in [5, 5.41) is 19.8. The minimum atomic E-state index is -1.78. The maximum Gasteiger partial charge on any atom is 0.251 e. The standard InChI is InChI=1S/C35H37Cl2F2N4O4/c1-6-47-15-14-41-32(44)20-10-13-26(27(16-20)46-5)42-33(45)31-29(22-8-7-9-24(37)30(22)39)35(19-40,28(43-31)18-34(2,3)4)23-12-11-21(36)17-25(23)38/h6-13,16-17,28-29,31,43H,14-15,18H2,1-5H3,(H,41,44)(H,42,45)/t28-,29-,31+,35-/m0/s1. The summed E-state index contributed by atoms with van der Waals surface area (Å²) in [6, 6.07) is 13.1. The number of halogens is 4. The van der Waals surface area contributed by atoms with Gasteiger partial charge in [-0.2, -0.15) is 5.26 Å². The van der Waals surface area contributed by atoms with E-state index in [0.717, 1.165) is 6.07 Å². The van der Waals surface area contributed by atoms with E-state index in [9.17, 15) is 14.9 Å². The molecule has 1 aliphatic rings. The molecule has 4 rings (SSSR count). The van der Waals surface area contributed by atoms with E-state index in [2.05, 4.69) is 22.0 Å². The molecular weight excluding hydrogens is 649 g/mol. The van der Waals surface area contributed by atoms with Crippen LogP contribution in [0.15, 0.2) is 54.6 Å². The predicted octanol–water partition coefficient (Wildman–Crippen LogP) is 7.17. The minimum Gasteiger partial charge on any atom is -0.495 e. The first kappa shape index (κ1) is 36.1. The van der Waals surface area contributed by atoms with Crippen LogP contribution in [0.1, 0.15) is 61.5 Å². The van der Waals surface area contributed by atoms with Gasteiger partial charge in [0.05, 0.1) is 43.1 Å². The second-order valence-corrected chi connectivity index (χ2v) is 13.3. The third-order valence-corrected chi connectivity index (χ3v) is 8.65. The Kier molecular flexibility index (Phi) is 11.5. The van der Waals surface area contributed by atoms with Gasteiger partial charge >= 0.3 is 0 Å². The highest BCUT2D eigenvalue weighted by Gasteiger charge is 2.61. The zero-order valence-electron chi connectivity index (χ0n) is 26.7. The van der Waals surface area contributed by atoms with Gasteiger partial charge in [-0.05, 0) is 60.7 Å². The number of nitrogens with zero attached hydrogens (tertiary/aromatic N) is 1. The van der Waals surface area contributed by atoms with Gasteiger partial charge in [0.15, 0.2) is 0 Å². The van der Waals surface area contributed by atoms with Crippen molar-refractivity contribution in [3.8, 4) is 11.8 Å². The molecule has 0 spiro atoms. The molecule has 3 N–H and O–H groups in total. The quantitative estimate of drug-likeness (QED) is 0.185. The highest BCUT2D eigenvalue weighted by molar-refractivity contribution is 6.31. The Labute approximate surface area is 283 Å². The number of hydrogen-bond acceptors (Lipinski definition) is 6. The molecule has 0 bridgehead atoms. The molecule has 1 aliphatic heterocycles. The largest absolute Gasteiger partial charge is 0.495 e. The van der Waals surface area contributed by atoms with Gasteiger partial charge in [-0.15, -0.1) is 0 Å². The van der Waals surface area contributed by atoms with Crippen LogP contribution in [-0.4, -0.2) is 44.2 Å². The van der Waals surface area contributed by atoms with Crippen molar-refractivity contribution in [3.63, 3.8) is 0 Å². The van der Waals surface area contributed by atoms with Crippen molar-refractivity contribution in [3.05, 3.63) is 99.6 Å². The molecule has 1 saturated heterocycles. The second-order valence-electron chi connectivity index (χ2n) is 12.5. The molecule has 249 valence electrons. The van der Waals surface area contributed by atoms with Crippen molar-refractivity contribution in [2.24, 2.45) is 5.41 Å². The average Bonchev–Trinajstić information content (AvgIpc) is 3.33. The van der Waals surface area contributed by atoms with Gasteiger partial charge in [0.2, 0.25) is 5.91 Å². The van der Waals surface area contributed by atoms with E-state index in [1.165, 1.54) is 62.2 Å². The molecule has 3 aromatic carbocycles. The highest BCUT2D eigenvalue weighted by Crippen LogP contribution is 2.53. The molecule has 47 heavy (non-hydrogen) atoms. The lowest BCUT2D eigenvalue weighted by Gasteiger charge is -2.37. The molecule has 8 nitrogen and oxygen atoms in total. The fourth-order valence-electron chi connectivity index (χ4n) is 6.15. The normalized spacial score (nSPS) is 20.8. The molecule has 1 heterocycles. The van der Waals surface area contributed by atoms with Gasteiger partial charge in [-0.25, -0.2) is 8.78 Å². The van der Waals surface area contributed by atoms with E-state index in [0.29, 0.717) is 13.0 Å². The van der Waals surface area contributed by atoms with Crippen molar-refractivity contribution in [2.45, 2.75) is 57.5 Å². The van der Waals surface area contributed by atoms with E-state index in [4.69, 9.17) is 32.7 Å². The number of amides is 2. The Morgan fingerprint density at radius 1 is 1.13 bits per heavy atom. The minimum absolute atomic E-state index is 0.0268. The average molecular weight is 687 g/mol. The lowest BCUT2D eigenvalue weighted by atomic mass is 9.62. The zero-order valence-corrected chi connectivity index (χ0v) is 28.2. The Morgan fingerprint density at radius 3 is 2.51 bits per heavy atom. The van der Waals surface area contributed by atoms with E-state index in [1.54, 1.807) is 6.92 Å². The lowest BCUT2D eigenvalue weighted by molar-refractivity contribution is -0.118. The predicted molar refractivity (Wildman–Crippen MR) is 178 cm³/mol. The smallest absolute Gasteiger partial charge is 0.251 e. The number of anilines is 1. The fraction of sp³-hybridized carbons (Fsp3) is 0.371. The number of hydrogen-bond donors (Lipinski definition) is 3. The maximum absolute atomic E-state index is 15.9. The highest BCUT2D eigenvalue weighted by atomic mass is 35.5. The van der Waals surface area contributed by atoms with Gasteiger partial charge in [-0.1, -0.05) is 62.2 Å². The van der Waals surface area contributed by atoms with E-state index in [1.807, 2.05) is 20.8 Å². The summed E-state index contributed by atoms with van der Waals surface area (Å²) in [6.07, 6.45) is 0.319. The number of carbonyl (C=O) groups excluding carboxylic acids is 2. The van der Waals surface area contributed by atoms with Crippen LogP contribution in [0.4, 0.5) is 14.5 Å². The van der Waals surface area contributed by atoms with Crippen LogP contribution in [0.25, 0.3) is 0 Å². The lowest BCUT2D eigenvalue weighted by Crippen LogP contribution is -2.45. The topological polar surface area (TPSA) is 112 Å². The Hall–Kier alpha value is -3.75. The van der Waals surface area contributed by atoms with Crippen LogP contribution in [-0.2, 0) is 14.9 Å². The van der Waals surface area contributed by atoms with Gasteiger partial charge < -0.3 is 25.4 Å². The van der Waals surface area contributed by atoms with Crippen molar-refractivity contribution in [1.29, 1.82) is 5.26 Å². The molecule has 3 aromatic rings. The van der Waals surface area contributed by atoms with Crippen LogP contribution in [0.2, 0.25) is 10.0 Å². The van der Waals surface area contributed by atoms with Gasteiger partial charge in [0, 0.05) is 34.7 Å². The van der Waals surface area contributed by atoms with Gasteiger partial charge in [0.25, 0.3) is 5.91 Å². The SMILES string of the molecule is C[CH]OCCNC(=O)c1ccc(NC(=O)[C@@H]2N[C@@H](CC(C)(C)C)[C@](C#N)(c3ccc(Cl)cc3F)[C@H]2c2cccc(Cl)c2F)c(OC)c1. The number of carbonyl (C=O) groups is 2. The van der Waals surface area contributed by atoms with E-state index >= 15 is 8.78 Å². The maximum atomic E-state index is 15.9. The second kappa shape index (κ2) is 15.0. The molecule has 1 radical (unpaired) electrons. The first-order valence-corrected chi connectivity index (χ1v) is 15.8. The number of ether oxygens (including phenoxy) is 2. The number of nitrogens with one attached hydrogen (secondary N) is 3. The molecule has 0 saturated carbocycles. The summed E-state index contributed by atoms with van der Waals surface area (Å²) in [5.74, 6) is -3.64. The summed E-state index contributed by atoms with van der Waals surface area (Å²) in [4.78, 5) is 26.9. The van der Waals surface area contributed by atoms with Crippen LogP contribution >= 0.6 is 23.2 Å². The molecule has 4 atom stereocenters.